The Hall–Kier alpha value is -2.21. The van der Waals surface area contributed by atoms with Gasteiger partial charge in [0.2, 0.25) is 5.91 Å². The summed E-state index contributed by atoms with van der Waals surface area (Å²) >= 11 is 0. The van der Waals surface area contributed by atoms with Crippen LogP contribution in [0.25, 0.3) is 6.08 Å². The maximum Gasteiger partial charge on any atom is 0.326 e. The molecule has 1 atom stereocenters. The zero-order valence-electron chi connectivity index (χ0n) is 9.61. The van der Waals surface area contributed by atoms with Crippen LogP contribution in [0.1, 0.15) is 12.0 Å². The summed E-state index contributed by atoms with van der Waals surface area (Å²) in [6.07, 6.45) is 5.91. The van der Waals surface area contributed by atoms with E-state index in [1.165, 1.54) is 12.2 Å². The Kier molecular flexibility index (Phi) is 5.53. The molecule has 3 N–H and O–H groups in total. The van der Waals surface area contributed by atoms with Crippen molar-refractivity contribution >= 4 is 18.0 Å². The highest BCUT2D eigenvalue weighted by atomic mass is 16.4. The number of nitrogens with zero attached hydrogens (tertiary/aromatic N) is 1. The molecule has 0 aliphatic carbocycles. The van der Waals surface area contributed by atoms with E-state index in [-0.39, 0.29) is 13.0 Å². The highest BCUT2D eigenvalue weighted by molar-refractivity contribution is 5.94. The second-order valence-corrected chi connectivity index (χ2v) is 3.53. The molecule has 0 aliphatic heterocycles. The fourth-order valence-electron chi connectivity index (χ4n) is 1.25. The number of carbonyl (C=O) groups excluding carboxylic acids is 1. The summed E-state index contributed by atoms with van der Waals surface area (Å²) in [7, 11) is 0. The van der Waals surface area contributed by atoms with E-state index in [2.05, 4.69) is 10.3 Å². The predicted octanol–water partition coefficient (Wildman–Crippen LogP) is 0.0466. The largest absolute Gasteiger partial charge is 0.480 e. The monoisotopic (exact) mass is 250 g/mol. The lowest BCUT2D eigenvalue weighted by Crippen LogP contribution is -2.40. The van der Waals surface area contributed by atoms with Crippen LogP contribution in [0.15, 0.2) is 30.6 Å². The fourth-order valence-corrected chi connectivity index (χ4v) is 1.25. The van der Waals surface area contributed by atoms with Crippen LogP contribution < -0.4 is 5.32 Å². The molecule has 1 aromatic heterocycles. The minimum Gasteiger partial charge on any atom is -0.480 e. The van der Waals surface area contributed by atoms with Crippen LogP contribution in [-0.4, -0.2) is 39.7 Å². The van der Waals surface area contributed by atoms with Crippen molar-refractivity contribution in [2.45, 2.75) is 12.5 Å². The van der Waals surface area contributed by atoms with E-state index >= 15 is 0 Å². The number of carboxylic acids is 1. The SMILES string of the molecule is O=C(/C=C/c1cccnc1)N[C@H](CCO)C(=O)O. The summed E-state index contributed by atoms with van der Waals surface area (Å²) < 4.78 is 0. The Balaban J connectivity index is 2.55. The zero-order valence-corrected chi connectivity index (χ0v) is 9.61. The van der Waals surface area contributed by atoms with Crippen LogP contribution in [0.2, 0.25) is 0 Å². The second kappa shape index (κ2) is 7.18. The van der Waals surface area contributed by atoms with Gasteiger partial charge in [-0.25, -0.2) is 4.79 Å². The van der Waals surface area contributed by atoms with Gasteiger partial charge in [0.1, 0.15) is 6.04 Å². The molecule has 0 aliphatic rings. The number of carbonyl (C=O) groups is 2. The first-order valence-electron chi connectivity index (χ1n) is 5.35. The van der Waals surface area contributed by atoms with Gasteiger partial charge in [-0.15, -0.1) is 0 Å². The third-order valence-electron chi connectivity index (χ3n) is 2.14. The summed E-state index contributed by atoms with van der Waals surface area (Å²) in [5.41, 5.74) is 0.738. The average molecular weight is 250 g/mol. The number of aromatic nitrogens is 1. The third kappa shape index (κ3) is 4.75. The molecule has 6 heteroatoms. The third-order valence-corrected chi connectivity index (χ3v) is 2.14. The van der Waals surface area contributed by atoms with Crippen molar-refractivity contribution < 1.29 is 19.8 Å². The lowest BCUT2D eigenvalue weighted by atomic mass is 10.2. The Labute approximate surface area is 104 Å². The standard InChI is InChI=1S/C12H14N2O4/c15-7-5-10(12(17)18)14-11(16)4-3-9-2-1-6-13-8-9/h1-4,6,8,10,15H,5,7H2,(H,14,16)(H,17,18)/b4-3+/t10-/m1/s1. The van der Waals surface area contributed by atoms with Gasteiger partial charge in [0, 0.05) is 31.5 Å². The summed E-state index contributed by atoms with van der Waals surface area (Å²) in [4.78, 5) is 26.1. The van der Waals surface area contributed by atoms with Crippen molar-refractivity contribution in [3.8, 4) is 0 Å². The van der Waals surface area contributed by atoms with Crippen molar-refractivity contribution in [2.75, 3.05) is 6.61 Å². The number of carboxylic acid groups (broad SMARTS) is 1. The number of amides is 1. The molecule has 0 spiro atoms. The quantitative estimate of drug-likeness (QED) is 0.619. The van der Waals surface area contributed by atoms with Gasteiger partial charge in [-0.2, -0.15) is 0 Å². The van der Waals surface area contributed by atoms with Gasteiger partial charge in [0.25, 0.3) is 0 Å². The summed E-state index contributed by atoms with van der Waals surface area (Å²) in [6.45, 7) is -0.302. The maximum atomic E-state index is 11.4. The van der Waals surface area contributed by atoms with Gasteiger partial charge in [0.05, 0.1) is 0 Å². The zero-order chi connectivity index (χ0) is 13.4. The highest BCUT2D eigenvalue weighted by Gasteiger charge is 2.17. The van der Waals surface area contributed by atoms with Gasteiger partial charge in [-0.05, 0) is 17.7 Å². The Morgan fingerprint density at radius 3 is 2.83 bits per heavy atom. The molecule has 1 aromatic rings. The molecule has 0 aromatic carbocycles. The molecule has 6 nitrogen and oxygen atoms in total. The van der Waals surface area contributed by atoms with Crippen molar-refractivity contribution in [2.24, 2.45) is 0 Å². The highest BCUT2D eigenvalue weighted by Crippen LogP contribution is 1.99. The number of rotatable bonds is 6. The Morgan fingerprint density at radius 1 is 1.50 bits per heavy atom. The van der Waals surface area contributed by atoms with E-state index in [0.29, 0.717) is 0 Å². The van der Waals surface area contributed by atoms with Gasteiger partial charge < -0.3 is 15.5 Å². The van der Waals surface area contributed by atoms with Crippen LogP contribution in [-0.2, 0) is 9.59 Å². The molecule has 18 heavy (non-hydrogen) atoms. The van der Waals surface area contributed by atoms with E-state index in [1.54, 1.807) is 24.5 Å². The maximum absolute atomic E-state index is 11.4. The van der Waals surface area contributed by atoms with Gasteiger partial charge >= 0.3 is 5.97 Å². The summed E-state index contributed by atoms with van der Waals surface area (Å²) in [5, 5.41) is 19.7. The van der Waals surface area contributed by atoms with Crippen LogP contribution in [0.5, 0.6) is 0 Å². The Bertz CT molecular complexity index is 431. The van der Waals surface area contributed by atoms with Gasteiger partial charge in [-0.1, -0.05) is 6.07 Å². The minimum absolute atomic E-state index is 0.0260. The molecule has 1 amide bonds. The fraction of sp³-hybridized carbons (Fsp3) is 0.250. The topological polar surface area (TPSA) is 99.5 Å². The molecule has 0 saturated heterocycles. The molecule has 96 valence electrons. The van der Waals surface area contributed by atoms with Crippen LogP contribution >= 0.6 is 0 Å². The predicted molar refractivity (Wildman–Crippen MR) is 64.5 cm³/mol. The van der Waals surface area contributed by atoms with E-state index in [4.69, 9.17) is 10.2 Å². The molecular weight excluding hydrogens is 236 g/mol. The first-order chi connectivity index (χ1) is 8.63. The van der Waals surface area contributed by atoms with E-state index < -0.39 is 17.9 Å². The molecule has 1 heterocycles. The van der Waals surface area contributed by atoms with Crippen LogP contribution in [0, 0.1) is 0 Å². The van der Waals surface area contributed by atoms with Crippen LogP contribution in [0.3, 0.4) is 0 Å². The Morgan fingerprint density at radius 2 is 2.28 bits per heavy atom. The number of aliphatic hydroxyl groups is 1. The normalized spacial score (nSPS) is 12.3. The number of hydrogen-bond acceptors (Lipinski definition) is 4. The number of hydrogen-bond donors (Lipinski definition) is 3. The number of pyridine rings is 1. The average Bonchev–Trinajstić information content (AvgIpc) is 2.37. The van der Waals surface area contributed by atoms with Crippen molar-refractivity contribution in [1.82, 2.24) is 10.3 Å². The van der Waals surface area contributed by atoms with E-state index in [9.17, 15) is 9.59 Å². The first kappa shape index (κ1) is 13.9. The summed E-state index contributed by atoms with van der Waals surface area (Å²) in [6, 6.07) is 2.41. The molecule has 0 fully saturated rings. The number of aliphatic carboxylic acids is 1. The molecule has 0 bridgehead atoms. The van der Waals surface area contributed by atoms with E-state index in [0.717, 1.165) is 5.56 Å². The van der Waals surface area contributed by atoms with Gasteiger partial charge in [-0.3, -0.25) is 9.78 Å². The second-order valence-electron chi connectivity index (χ2n) is 3.53. The molecule has 1 rings (SSSR count). The minimum atomic E-state index is -1.17. The smallest absolute Gasteiger partial charge is 0.326 e. The molecule has 0 radical (unpaired) electrons. The lowest BCUT2D eigenvalue weighted by Gasteiger charge is -2.11. The number of nitrogens with one attached hydrogen (secondary N) is 1. The molecule has 0 unspecified atom stereocenters. The van der Waals surface area contributed by atoms with Crippen molar-refractivity contribution in [1.29, 1.82) is 0 Å². The summed E-state index contributed by atoms with van der Waals surface area (Å²) in [5.74, 6) is -1.70. The molecule has 0 saturated carbocycles. The lowest BCUT2D eigenvalue weighted by molar-refractivity contribution is -0.141. The van der Waals surface area contributed by atoms with E-state index in [1.807, 2.05) is 0 Å². The molecular formula is C12H14N2O4. The van der Waals surface area contributed by atoms with Crippen LogP contribution in [0.4, 0.5) is 0 Å². The van der Waals surface area contributed by atoms with Crippen molar-refractivity contribution in [3.63, 3.8) is 0 Å². The first-order valence-corrected chi connectivity index (χ1v) is 5.35. The van der Waals surface area contributed by atoms with Gasteiger partial charge in [0.15, 0.2) is 0 Å². The number of aliphatic hydroxyl groups excluding tert-OH is 1. The van der Waals surface area contributed by atoms with Crippen molar-refractivity contribution in [3.05, 3.63) is 36.2 Å².